The molecule has 3 rings (SSSR count). The van der Waals surface area contributed by atoms with Crippen LogP contribution in [0.25, 0.3) is 0 Å². The zero-order chi connectivity index (χ0) is 16.8. The molecule has 0 saturated carbocycles. The largest absolute Gasteiger partial charge is 0.344 e. The lowest BCUT2D eigenvalue weighted by molar-refractivity contribution is -0.128. The number of carbonyl (C=O) groups is 2. The molecule has 0 aliphatic carbocycles. The molecule has 6 heteroatoms. The Morgan fingerprint density at radius 2 is 2.04 bits per heavy atom. The average Bonchev–Trinajstić information content (AvgIpc) is 2.63. The number of anilines is 1. The summed E-state index contributed by atoms with van der Waals surface area (Å²) >= 11 is 0. The highest BCUT2D eigenvalue weighted by molar-refractivity contribution is 5.99. The van der Waals surface area contributed by atoms with Crippen LogP contribution in [0.1, 0.15) is 24.8 Å². The van der Waals surface area contributed by atoms with E-state index in [-0.39, 0.29) is 11.8 Å². The highest BCUT2D eigenvalue weighted by Crippen LogP contribution is 2.20. The third kappa shape index (κ3) is 3.95. The van der Waals surface area contributed by atoms with E-state index in [1.807, 2.05) is 18.2 Å². The molecule has 1 saturated heterocycles. The lowest BCUT2D eigenvalue weighted by Gasteiger charge is -2.32. The summed E-state index contributed by atoms with van der Waals surface area (Å²) in [6.45, 7) is 0.661. The minimum atomic E-state index is -0.455. The third-order valence-electron chi connectivity index (χ3n) is 4.12. The Labute approximate surface area is 140 Å². The Hall–Kier alpha value is -2.76. The first-order chi connectivity index (χ1) is 11.7. The summed E-state index contributed by atoms with van der Waals surface area (Å²) in [6.07, 6.45) is 9.31. The molecule has 0 bridgehead atoms. The van der Waals surface area contributed by atoms with E-state index in [2.05, 4.69) is 15.3 Å². The Morgan fingerprint density at radius 1 is 1.21 bits per heavy atom. The van der Waals surface area contributed by atoms with Crippen LogP contribution < -0.4 is 10.2 Å². The fourth-order valence-corrected chi connectivity index (χ4v) is 2.85. The van der Waals surface area contributed by atoms with Gasteiger partial charge in [-0.2, -0.15) is 0 Å². The molecule has 1 aliphatic heterocycles. The van der Waals surface area contributed by atoms with Gasteiger partial charge in [0.2, 0.25) is 11.8 Å². The summed E-state index contributed by atoms with van der Waals surface area (Å²) in [5.74, 6) is -0.162. The lowest BCUT2D eigenvalue weighted by Crippen LogP contribution is -2.52. The van der Waals surface area contributed by atoms with E-state index < -0.39 is 6.04 Å². The van der Waals surface area contributed by atoms with E-state index in [1.54, 1.807) is 35.8 Å². The quantitative estimate of drug-likeness (QED) is 0.909. The maximum atomic E-state index is 12.6. The number of nitrogens with zero attached hydrogens (tertiary/aromatic N) is 3. The second-order valence-corrected chi connectivity index (χ2v) is 5.82. The summed E-state index contributed by atoms with van der Waals surface area (Å²) in [4.78, 5) is 34.5. The molecule has 2 amide bonds. The molecular formula is C18H20N4O2. The van der Waals surface area contributed by atoms with Gasteiger partial charge in [0.1, 0.15) is 6.04 Å². The summed E-state index contributed by atoms with van der Waals surface area (Å²) in [5.41, 5.74) is 1.84. The van der Waals surface area contributed by atoms with Crippen molar-refractivity contribution < 1.29 is 9.59 Å². The van der Waals surface area contributed by atoms with Crippen LogP contribution in [0.3, 0.4) is 0 Å². The molecule has 124 valence electrons. The van der Waals surface area contributed by atoms with Gasteiger partial charge in [-0.15, -0.1) is 0 Å². The third-order valence-corrected chi connectivity index (χ3v) is 4.12. The van der Waals surface area contributed by atoms with Crippen LogP contribution in [0.5, 0.6) is 0 Å². The molecule has 1 aliphatic rings. The molecule has 0 radical (unpaired) electrons. The Morgan fingerprint density at radius 3 is 2.79 bits per heavy atom. The van der Waals surface area contributed by atoms with Crippen LogP contribution >= 0.6 is 0 Å². The normalized spacial score (nSPS) is 17.6. The van der Waals surface area contributed by atoms with Gasteiger partial charge in [0.05, 0.1) is 11.9 Å². The molecular weight excluding hydrogens is 304 g/mol. The Kier molecular flexibility index (Phi) is 5.15. The van der Waals surface area contributed by atoms with E-state index in [1.165, 1.54) is 0 Å². The first-order valence-corrected chi connectivity index (χ1v) is 8.14. The predicted molar refractivity (Wildman–Crippen MR) is 90.3 cm³/mol. The smallest absolute Gasteiger partial charge is 0.249 e. The molecule has 6 nitrogen and oxygen atoms in total. The van der Waals surface area contributed by atoms with Crippen molar-refractivity contribution in [3.63, 3.8) is 0 Å². The number of piperidine rings is 1. The van der Waals surface area contributed by atoms with Crippen molar-refractivity contribution in [3.8, 4) is 0 Å². The first-order valence-electron chi connectivity index (χ1n) is 8.14. The van der Waals surface area contributed by atoms with Gasteiger partial charge in [-0.25, -0.2) is 0 Å². The number of hydrogen-bond donors (Lipinski definition) is 1. The molecule has 0 aromatic carbocycles. The summed E-state index contributed by atoms with van der Waals surface area (Å²) in [7, 11) is 0. The second-order valence-electron chi connectivity index (χ2n) is 5.82. The molecule has 24 heavy (non-hydrogen) atoms. The molecule has 2 aromatic rings. The van der Waals surface area contributed by atoms with Crippen LogP contribution in [0, 0.1) is 0 Å². The van der Waals surface area contributed by atoms with Crippen LogP contribution in [-0.2, 0) is 16.0 Å². The van der Waals surface area contributed by atoms with Crippen LogP contribution in [-0.4, -0.2) is 34.4 Å². The molecule has 0 spiro atoms. The van der Waals surface area contributed by atoms with Crippen molar-refractivity contribution in [2.45, 2.75) is 31.7 Å². The van der Waals surface area contributed by atoms with Crippen molar-refractivity contribution >= 4 is 17.5 Å². The SMILES string of the molecule is O=C(CCc1ccncc1)N[C@H]1CCCN(c2cccnc2)C1=O. The standard InChI is InChI=1S/C18H20N4O2/c23-17(6-5-14-7-10-19-11-8-14)21-16-4-2-12-22(18(16)24)15-3-1-9-20-13-15/h1,3,7-11,13,16H,2,4-6,12H2,(H,21,23)/t16-/m0/s1. The minimum absolute atomic E-state index is 0.0634. The lowest BCUT2D eigenvalue weighted by atomic mass is 10.0. The maximum absolute atomic E-state index is 12.6. The van der Waals surface area contributed by atoms with Gasteiger partial charge in [0.25, 0.3) is 0 Å². The van der Waals surface area contributed by atoms with Crippen LogP contribution in [0.2, 0.25) is 0 Å². The fourth-order valence-electron chi connectivity index (χ4n) is 2.85. The fraction of sp³-hybridized carbons (Fsp3) is 0.333. The van der Waals surface area contributed by atoms with Gasteiger partial charge in [0, 0.05) is 31.6 Å². The van der Waals surface area contributed by atoms with Crippen molar-refractivity contribution in [1.29, 1.82) is 0 Å². The molecule has 1 fully saturated rings. The number of amides is 2. The van der Waals surface area contributed by atoms with Gasteiger partial charge >= 0.3 is 0 Å². The highest BCUT2D eigenvalue weighted by atomic mass is 16.2. The summed E-state index contributed by atoms with van der Waals surface area (Å²) in [6, 6.07) is 6.99. The van der Waals surface area contributed by atoms with Crippen molar-refractivity contribution in [1.82, 2.24) is 15.3 Å². The van der Waals surface area contributed by atoms with E-state index in [0.29, 0.717) is 25.8 Å². The Bertz CT molecular complexity index is 691. The van der Waals surface area contributed by atoms with Gasteiger partial charge in [-0.3, -0.25) is 19.6 Å². The van der Waals surface area contributed by atoms with Gasteiger partial charge in [-0.1, -0.05) is 0 Å². The molecule has 1 N–H and O–H groups in total. The zero-order valence-electron chi connectivity index (χ0n) is 13.4. The molecule has 3 heterocycles. The van der Waals surface area contributed by atoms with E-state index >= 15 is 0 Å². The van der Waals surface area contributed by atoms with Gasteiger partial charge < -0.3 is 10.2 Å². The molecule has 0 unspecified atom stereocenters. The first kappa shape index (κ1) is 16.1. The number of hydrogen-bond acceptors (Lipinski definition) is 4. The maximum Gasteiger partial charge on any atom is 0.249 e. The van der Waals surface area contributed by atoms with Crippen molar-refractivity contribution in [2.24, 2.45) is 0 Å². The summed E-state index contributed by atoms with van der Waals surface area (Å²) in [5, 5.41) is 2.87. The van der Waals surface area contributed by atoms with Crippen LogP contribution in [0.4, 0.5) is 5.69 Å². The number of aryl methyl sites for hydroxylation is 1. The van der Waals surface area contributed by atoms with Crippen LogP contribution in [0.15, 0.2) is 49.1 Å². The predicted octanol–water partition coefficient (Wildman–Crippen LogP) is 1.72. The van der Waals surface area contributed by atoms with Gasteiger partial charge in [0.15, 0.2) is 0 Å². The number of nitrogens with one attached hydrogen (secondary N) is 1. The molecule has 2 aromatic heterocycles. The zero-order valence-corrected chi connectivity index (χ0v) is 13.4. The highest BCUT2D eigenvalue weighted by Gasteiger charge is 2.30. The Balaban J connectivity index is 1.56. The number of carbonyl (C=O) groups excluding carboxylic acids is 2. The van der Waals surface area contributed by atoms with Crippen molar-refractivity contribution in [2.75, 3.05) is 11.4 Å². The van der Waals surface area contributed by atoms with Gasteiger partial charge in [-0.05, 0) is 49.1 Å². The van der Waals surface area contributed by atoms with E-state index in [4.69, 9.17) is 0 Å². The average molecular weight is 324 g/mol. The number of aromatic nitrogens is 2. The number of rotatable bonds is 5. The second kappa shape index (κ2) is 7.68. The summed E-state index contributed by atoms with van der Waals surface area (Å²) < 4.78 is 0. The number of pyridine rings is 2. The van der Waals surface area contributed by atoms with Crippen molar-refractivity contribution in [3.05, 3.63) is 54.6 Å². The van der Waals surface area contributed by atoms with E-state index in [0.717, 1.165) is 17.7 Å². The minimum Gasteiger partial charge on any atom is -0.344 e. The monoisotopic (exact) mass is 324 g/mol. The topological polar surface area (TPSA) is 75.2 Å². The molecule has 1 atom stereocenters. The van der Waals surface area contributed by atoms with E-state index in [9.17, 15) is 9.59 Å².